The van der Waals surface area contributed by atoms with Gasteiger partial charge in [-0.05, 0) is 46.0 Å². The van der Waals surface area contributed by atoms with Gasteiger partial charge in [0.05, 0.1) is 11.9 Å². The minimum absolute atomic E-state index is 0.0378. The molecule has 5 nitrogen and oxygen atoms in total. The molecule has 110 valence electrons. The van der Waals surface area contributed by atoms with Crippen LogP contribution in [0.2, 0.25) is 0 Å². The highest BCUT2D eigenvalue weighted by molar-refractivity contribution is 5.92. The number of amides is 1. The van der Waals surface area contributed by atoms with Crippen LogP contribution < -0.4 is 5.32 Å². The molecule has 20 heavy (non-hydrogen) atoms. The maximum atomic E-state index is 12.6. The molecule has 2 heterocycles. The van der Waals surface area contributed by atoms with E-state index < -0.39 is 0 Å². The average Bonchev–Trinajstić information content (AvgIpc) is 2.60. The van der Waals surface area contributed by atoms with Crippen molar-refractivity contribution in [2.75, 3.05) is 38.5 Å². The number of aromatic nitrogens is 1. The lowest BCUT2D eigenvalue weighted by atomic mass is 10.2. The van der Waals surface area contributed by atoms with Crippen molar-refractivity contribution >= 4 is 11.6 Å². The van der Waals surface area contributed by atoms with Gasteiger partial charge >= 0.3 is 0 Å². The summed E-state index contributed by atoms with van der Waals surface area (Å²) >= 11 is 0. The van der Waals surface area contributed by atoms with Gasteiger partial charge in [0.25, 0.3) is 5.91 Å². The van der Waals surface area contributed by atoms with Gasteiger partial charge in [-0.15, -0.1) is 0 Å². The van der Waals surface area contributed by atoms with Crippen molar-refractivity contribution in [1.82, 2.24) is 14.8 Å². The first-order valence-electron chi connectivity index (χ1n) is 7.31. The van der Waals surface area contributed by atoms with Crippen molar-refractivity contribution in [1.29, 1.82) is 0 Å². The largest absolute Gasteiger partial charge is 0.384 e. The quantitative estimate of drug-likeness (QED) is 0.912. The highest BCUT2D eigenvalue weighted by Gasteiger charge is 2.25. The lowest BCUT2D eigenvalue weighted by Gasteiger charge is -2.27. The SMILES string of the molecule is CCNc1ccc(C(=O)N2CCCN(C)CC2C)nc1. The highest BCUT2D eigenvalue weighted by atomic mass is 16.2. The summed E-state index contributed by atoms with van der Waals surface area (Å²) < 4.78 is 0. The molecule has 1 unspecified atom stereocenters. The van der Waals surface area contributed by atoms with Crippen LogP contribution in [0.15, 0.2) is 18.3 Å². The van der Waals surface area contributed by atoms with Gasteiger partial charge in [-0.1, -0.05) is 0 Å². The van der Waals surface area contributed by atoms with Crippen LogP contribution in [0.25, 0.3) is 0 Å². The molecule has 0 radical (unpaired) electrons. The number of pyridine rings is 1. The van der Waals surface area contributed by atoms with E-state index >= 15 is 0 Å². The number of rotatable bonds is 3. The lowest BCUT2D eigenvalue weighted by molar-refractivity contribution is 0.0690. The predicted octanol–water partition coefficient (Wildman–Crippen LogP) is 1.68. The number of carbonyl (C=O) groups excluding carboxylic acids is 1. The maximum absolute atomic E-state index is 12.6. The first kappa shape index (κ1) is 14.8. The van der Waals surface area contributed by atoms with E-state index in [0.717, 1.165) is 38.3 Å². The molecule has 0 aliphatic carbocycles. The van der Waals surface area contributed by atoms with Gasteiger partial charge in [0.2, 0.25) is 0 Å². The monoisotopic (exact) mass is 276 g/mol. The summed E-state index contributed by atoms with van der Waals surface area (Å²) in [7, 11) is 2.11. The Bertz CT molecular complexity index is 446. The number of nitrogens with one attached hydrogen (secondary N) is 1. The minimum Gasteiger partial charge on any atom is -0.384 e. The maximum Gasteiger partial charge on any atom is 0.272 e. The van der Waals surface area contributed by atoms with Gasteiger partial charge in [-0.3, -0.25) is 4.79 Å². The molecule has 1 aromatic heterocycles. The van der Waals surface area contributed by atoms with Gasteiger partial charge in [0.1, 0.15) is 5.69 Å². The molecule has 1 aliphatic heterocycles. The average molecular weight is 276 g/mol. The number of nitrogens with zero attached hydrogens (tertiary/aromatic N) is 3. The molecule has 1 saturated heterocycles. The third-order valence-corrected chi connectivity index (χ3v) is 3.67. The summed E-state index contributed by atoms with van der Waals surface area (Å²) in [6.07, 6.45) is 2.74. The van der Waals surface area contributed by atoms with Crippen LogP contribution in [-0.2, 0) is 0 Å². The van der Waals surface area contributed by atoms with E-state index in [1.54, 1.807) is 6.20 Å². The molecule has 5 heteroatoms. The van der Waals surface area contributed by atoms with Crippen LogP contribution in [0.4, 0.5) is 5.69 Å². The zero-order chi connectivity index (χ0) is 14.5. The van der Waals surface area contributed by atoms with Crippen molar-refractivity contribution in [3.63, 3.8) is 0 Å². The second-order valence-electron chi connectivity index (χ2n) is 5.43. The molecule has 0 aromatic carbocycles. The zero-order valence-corrected chi connectivity index (χ0v) is 12.6. The van der Waals surface area contributed by atoms with Crippen molar-refractivity contribution in [3.8, 4) is 0 Å². The number of hydrogen-bond donors (Lipinski definition) is 1. The molecule has 1 aliphatic rings. The molecule has 1 amide bonds. The normalized spacial score (nSPS) is 20.6. The summed E-state index contributed by atoms with van der Waals surface area (Å²) in [5.41, 5.74) is 1.48. The summed E-state index contributed by atoms with van der Waals surface area (Å²) in [6, 6.07) is 3.95. The number of anilines is 1. The lowest BCUT2D eigenvalue weighted by Crippen LogP contribution is -2.42. The second-order valence-corrected chi connectivity index (χ2v) is 5.43. The second kappa shape index (κ2) is 6.70. The Balaban J connectivity index is 2.09. The van der Waals surface area contributed by atoms with E-state index in [1.807, 2.05) is 24.0 Å². The van der Waals surface area contributed by atoms with Crippen molar-refractivity contribution in [3.05, 3.63) is 24.0 Å². The Morgan fingerprint density at radius 1 is 1.45 bits per heavy atom. The summed E-state index contributed by atoms with van der Waals surface area (Å²) in [4.78, 5) is 21.1. The van der Waals surface area contributed by atoms with Crippen LogP contribution in [-0.4, -0.2) is 60.0 Å². The topological polar surface area (TPSA) is 48.5 Å². The van der Waals surface area contributed by atoms with Gasteiger partial charge in [-0.25, -0.2) is 4.98 Å². The summed E-state index contributed by atoms with van der Waals surface area (Å²) in [5.74, 6) is 0.0378. The third-order valence-electron chi connectivity index (χ3n) is 3.67. The minimum atomic E-state index is 0.0378. The van der Waals surface area contributed by atoms with Gasteiger partial charge < -0.3 is 15.1 Å². The van der Waals surface area contributed by atoms with Crippen molar-refractivity contribution in [2.24, 2.45) is 0 Å². The predicted molar refractivity (Wildman–Crippen MR) is 81.0 cm³/mol. The van der Waals surface area contributed by atoms with Crippen LogP contribution in [0.5, 0.6) is 0 Å². The van der Waals surface area contributed by atoms with E-state index in [1.165, 1.54) is 0 Å². The van der Waals surface area contributed by atoms with Crippen LogP contribution in [0.3, 0.4) is 0 Å². The first-order chi connectivity index (χ1) is 9.61. The van der Waals surface area contributed by atoms with E-state index in [9.17, 15) is 4.79 Å². The molecule has 0 spiro atoms. The molecule has 1 fully saturated rings. The standard InChI is InChI=1S/C15H24N4O/c1-4-16-13-6-7-14(17-10-13)15(20)19-9-5-8-18(3)11-12(19)2/h6-7,10,12,16H,4-5,8-9,11H2,1-3H3. The summed E-state index contributed by atoms with van der Waals surface area (Å²) in [5, 5.41) is 3.18. The molecule has 0 saturated carbocycles. The number of likely N-dealkylation sites (N-methyl/N-ethyl adjacent to an activating group) is 1. The van der Waals surface area contributed by atoms with E-state index in [-0.39, 0.29) is 11.9 Å². The highest BCUT2D eigenvalue weighted by Crippen LogP contribution is 2.13. The van der Waals surface area contributed by atoms with E-state index in [0.29, 0.717) is 5.69 Å². The molecular weight excluding hydrogens is 252 g/mol. The Morgan fingerprint density at radius 3 is 2.90 bits per heavy atom. The molecular formula is C15H24N4O. The Hall–Kier alpha value is -1.62. The molecule has 1 aromatic rings. The molecule has 1 atom stereocenters. The third kappa shape index (κ3) is 3.48. The fourth-order valence-electron chi connectivity index (χ4n) is 2.65. The van der Waals surface area contributed by atoms with Gasteiger partial charge in [-0.2, -0.15) is 0 Å². The molecule has 0 bridgehead atoms. The van der Waals surface area contributed by atoms with Crippen LogP contribution >= 0.6 is 0 Å². The first-order valence-corrected chi connectivity index (χ1v) is 7.31. The van der Waals surface area contributed by atoms with E-state index in [4.69, 9.17) is 0 Å². The Labute approximate surface area is 121 Å². The zero-order valence-electron chi connectivity index (χ0n) is 12.6. The van der Waals surface area contributed by atoms with Crippen LogP contribution in [0, 0.1) is 0 Å². The number of hydrogen-bond acceptors (Lipinski definition) is 4. The van der Waals surface area contributed by atoms with Crippen molar-refractivity contribution < 1.29 is 4.79 Å². The summed E-state index contributed by atoms with van der Waals surface area (Å²) in [6.45, 7) is 7.76. The fraction of sp³-hybridized carbons (Fsp3) is 0.600. The van der Waals surface area contributed by atoms with Crippen molar-refractivity contribution in [2.45, 2.75) is 26.3 Å². The Kier molecular flexibility index (Phi) is 4.95. The number of carbonyl (C=O) groups is 1. The van der Waals surface area contributed by atoms with Gasteiger partial charge in [0, 0.05) is 25.7 Å². The molecule has 1 N–H and O–H groups in total. The van der Waals surface area contributed by atoms with Gasteiger partial charge in [0.15, 0.2) is 0 Å². The van der Waals surface area contributed by atoms with E-state index in [2.05, 4.69) is 29.2 Å². The fourth-order valence-corrected chi connectivity index (χ4v) is 2.65. The Morgan fingerprint density at radius 2 is 2.25 bits per heavy atom. The smallest absolute Gasteiger partial charge is 0.272 e. The van der Waals surface area contributed by atoms with Crippen LogP contribution in [0.1, 0.15) is 30.8 Å². The molecule has 2 rings (SSSR count).